The second-order valence-electron chi connectivity index (χ2n) is 17.9. The lowest BCUT2D eigenvalue weighted by molar-refractivity contribution is -0.159. The Kier molecular flexibility index (Phi) is 16.7. The van der Waals surface area contributed by atoms with Crippen LogP contribution in [0, 0.1) is 11.3 Å². The monoisotopic (exact) mass is 758 g/mol. The van der Waals surface area contributed by atoms with E-state index < -0.39 is 75.9 Å². The Morgan fingerprint density at radius 1 is 0.815 bits per heavy atom. The van der Waals surface area contributed by atoms with Gasteiger partial charge in [-0.2, -0.15) is 0 Å². The molecule has 0 radical (unpaired) electrons. The van der Waals surface area contributed by atoms with Crippen LogP contribution in [0.25, 0.3) is 0 Å². The number of carboxylic acids is 1. The largest absolute Gasteiger partial charge is 0.478 e. The first kappa shape index (κ1) is 47.8. The highest BCUT2D eigenvalue weighted by Gasteiger charge is 2.42. The molecule has 0 spiro atoms. The van der Waals surface area contributed by atoms with E-state index in [4.69, 9.17) is 9.47 Å². The smallest absolute Gasteiger partial charge is 0.335 e. The number of carbonyl (C=O) groups excluding carboxylic acids is 5. The van der Waals surface area contributed by atoms with E-state index in [0.29, 0.717) is 0 Å². The summed E-state index contributed by atoms with van der Waals surface area (Å²) < 4.78 is 10.9. The number of carbonyl (C=O) groups is 6. The topological polar surface area (TPSA) is 180 Å². The Bertz CT molecular complexity index is 1530. The van der Waals surface area contributed by atoms with Crippen LogP contribution in [0.2, 0.25) is 0 Å². The van der Waals surface area contributed by atoms with E-state index in [1.165, 1.54) is 17.0 Å². The van der Waals surface area contributed by atoms with E-state index in [0.717, 1.165) is 5.56 Å². The summed E-state index contributed by atoms with van der Waals surface area (Å²) in [5.41, 5.74) is -1.98. The lowest BCUT2D eigenvalue weighted by Crippen LogP contribution is -2.61. The van der Waals surface area contributed by atoms with Crippen LogP contribution >= 0.6 is 0 Å². The number of nitrogens with zero attached hydrogens (tertiary/aromatic N) is 1. The number of aromatic carboxylic acids is 1. The summed E-state index contributed by atoms with van der Waals surface area (Å²) in [4.78, 5) is 80.3. The molecule has 0 bridgehead atoms. The third kappa shape index (κ3) is 14.5. The van der Waals surface area contributed by atoms with Crippen molar-refractivity contribution in [3.8, 4) is 0 Å². The molecule has 0 heterocycles. The molecule has 1 aromatic carbocycles. The number of nitrogens with one attached hydrogen (secondary N) is 3. The van der Waals surface area contributed by atoms with E-state index in [1.807, 2.05) is 48.5 Å². The first-order chi connectivity index (χ1) is 24.4. The van der Waals surface area contributed by atoms with Crippen LogP contribution in [0.4, 0.5) is 0 Å². The van der Waals surface area contributed by atoms with Crippen molar-refractivity contribution in [1.29, 1.82) is 0 Å². The van der Waals surface area contributed by atoms with E-state index >= 15 is 0 Å². The molecule has 1 aromatic rings. The van der Waals surface area contributed by atoms with Crippen molar-refractivity contribution in [1.82, 2.24) is 20.9 Å². The van der Waals surface area contributed by atoms with Gasteiger partial charge in [-0.25, -0.2) is 9.59 Å². The molecule has 0 aliphatic heterocycles. The molecule has 13 nitrogen and oxygen atoms in total. The molecule has 0 fully saturated rings. The zero-order valence-corrected chi connectivity index (χ0v) is 35.3. The highest BCUT2D eigenvalue weighted by molar-refractivity contribution is 5.96. The number of benzene rings is 1. The Hall–Kier alpha value is -4.26. The van der Waals surface area contributed by atoms with Crippen LogP contribution in [-0.4, -0.2) is 95.1 Å². The molecule has 4 atom stereocenters. The number of carboxylic acid groups (broad SMARTS) is 1. The van der Waals surface area contributed by atoms with Crippen LogP contribution in [-0.2, 0) is 38.9 Å². The number of likely N-dealkylation sites (N-methyl/N-ethyl adjacent to an activating group) is 2. The summed E-state index contributed by atoms with van der Waals surface area (Å²) in [7, 11) is 3.27. The number of ether oxygens (including phenoxy) is 2. The highest BCUT2D eigenvalue weighted by Crippen LogP contribution is 2.30. The van der Waals surface area contributed by atoms with Gasteiger partial charge in [0.1, 0.15) is 23.3 Å². The molecule has 1 rings (SSSR count). The average molecular weight is 759 g/mol. The molecule has 0 aliphatic rings. The molecule has 304 valence electrons. The standard InChI is InChI=1S/C41H66N4O9/c1-24(2)29(23-25(3)33(47)43-28(37(52)54-40(10,11)12)21-22-30(46)53-39(7,8)9)45(16)35(49)32(38(4,5)6)44-34(48)31(42-15)41(13,14)27-19-17-26(18-20-27)36(50)51/h17-20,23-24,28-29,31-32,42H,21-22H2,1-16H3,(H,43,47)(H,44,48)(H,50,51)/b25-23+. The molecular weight excluding hydrogens is 692 g/mol. The fourth-order valence-electron chi connectivity index (χ4n) is 5.89. The number of hydrogen-bond acceptors (Lipinski definition) is 9. The molecular formula is C41H66N4O9. The summed E-state index contributed by atoms with van der Waals surface area (Å²) in [6, 6.07) is 2.85. The molecule has 0 aromatic heterocycles. The number of hydrogen-bond donors (Lipinski definition) is 4. The van der Waals surface area contributed by atoms with Crippen molar-refractivity contribution in [2.75, 3.05) is 14.1 Å². The van der Waals surface area contributed by atoms with E-state index in [-0.39, 0.29) is 35.8 Å². The Labute approximate surface area is 322 Å². The maximum Gasteiger partial charge on any atom is 0.335 e. The fourth-order valence-corrected chi connectivity index (χ4v) is 5.89. The molecule has 0 saturated heterocycles. The van der Waals surface area contributed by atoms with Crippen molar-refractivity contribution >= 4 is 35.6 Å². The molecule has 0 aliphatic carbocycles. The van der Waals surface area contributed by atoms with Gasteiger partial charge in [-0.1, -0.05) is 66.7 Å². The van der Waals surface area contributed by atoms with Crippen LogP contribution in [0.15, 0.2) is 35.9 Å². The third-order valence-corrected chi connectivity index (χ3v) is 8.86. The van der Waals surface area contributed by atoms with Crippen LogP contribution in [0.1, 0.15) is 126 Å². The minimum atomic E-state index is -1.13. The second kappa shape index (κ2) is 18.9. The predicted octanol–water partition coefficient (Wildman–Crippen LogP) is 5.16. The highest BCUT2D eigenvalue weighted by atomic mass is 16.6. The number of esters is 2. The first-order valence-electron chi connectivity index (χ1n) is 18.4. The van der Waals surface area contributed by atoms with Crippen molar-refractivity contribution in [3.63, 3.8) is 0 Å². The predicted molar refractivity (Wildman–Crippen MR) is 209 cm³/mol. The summed E-state index contributed by atoms with van der Waals surface area (Å²) in [6.07, 6.45) is 1.48. The summed E-state index contributed by atoms with van der Waals surface area (Å²) >= 11 is 0. The maximum atomic E-state index is 14.3. The minimum Gasteiger partial charge on any atom is -0.478 e. The maximum absolute atomic E-state index is 14.3. The first-order valence-corrected chi connectivity index (χ1v) is 18.4. The number of amides is 3. The van der Waals surface area contributed by atoms with Crippen molar-refractivity contribution in [2.45, 2.75) is 151 Å². The van der Waals surface area contributed by atoms with Crippen molar-refractivity contribution in [2.24, 2.45) is 11.3 Å². The quantitative estimate of drug-likeness (QED) is 0.130. The van der Waals surface area contributed by atoms with Crippen LogP contribution in [0.5, 0.6) is 0 Å². The van der Waals surface area contributed by atoms with E-state index in [1.54, 1.807) is 80.8 Å². The van der Waals surface area contributed by atoms with Crippen LogP contribution < -0.4 is 16.0 Å². The molecule has 3 amide bonds. The SMILES string of the molecule is CNC(C(=O)NC(C(=O)N(C)C(/C=C(\C)C(=O)NC(CCC(=O)OC(C)(C)C)C(=O)OC(C)(C)C)C(C)C)C(C)(C)C)C(C)(C)c1ccc(C(=O)O)cc1. The van der Waals surface area contributed by atoms with Crippen molar-refractivity contribution in [3.05, 3.63) is 47.0 Å². The summed E-state index contributed by atoms with van der Waals surface area (Å²) in [5, 5.41) is 18.1. The molecule has 4 N–H and O–H groups in total. The lowest BCUT2D eigenvalue weighted by atomic mass is 9.76. The van der Waals surface area contributed by atoms with Gasteiger partial charge in [0.25, 0.3) is 0 Å². The van der Waals surface area contributed by atoms with Gasteiger partial charge >= 0.3 is 17.9 Å². The third-order valence-electron chi connectivity index (χ3n) is 8.86. The second-order valence-corrected chi connectivity index (χ2v) is 17.9. The molecule has 4 unspecified atom stereocenters. The van der Waals surface area contributed by atoms with Gasteiger partial charge in [-0.05, 0) is 91.0 Å². The normalized spacial score (nSPS) is 15.0. The van der Waals surface area contributed by atoms with Gasteiger partial charge in [-0.15, -0.1) is 0 Å². The summed E-state index contributed by atoms with van der Waals surface area (Å²) in [5.74, 6) is -3.79. The molecule has 0 saturated carbocycles. The Morgan fingerprint density at radius 3 is 1.76 bits per heavy atom. The van der Waals surface area contributed by atoms with Gasteiger partial charge in [0.05, 0.1) is 17.6 Å². The number of rotatable bonds is 16. The zero-order chi connectivity index (χ0) is 42.1. The van der Waals surface area contributed by atoms with Gasteiger partial charge in [0.15, 0.2) is 0 Å². The van der Waals surface area contributed by atoms with Gasteiger partial charge in [0, 0.05) is 24.5 Å². The lowest BCUT2D eigenvalue weighted by Gasteiger charge is -2.40. The Morgan fingerprint density at radius 2 is 1.33 bits per heavy atom. The summed E-state index contributed by atoms with van der Waals surface area (Å²) in [6.45, 7) is 25.0. The molecule has 54 heavy (non-hydrogen) atoms. The molecule has 13 heteroatoms. The van der Waals surface area contributed by atoms with E-state index in [9.17, 15) is 33.9 Å². The van der Waals surface area contributed by atoms with E-state index in [2.05, 4.69) is 16.0 Å². The van der Waals surface area contributed by atoms with Crippen LogP contribution in [0.3, 0.4) is 0 Å². The van der Waals surface area contributed by atoms with Crippen molar-refractivity contribution < 1.29 is 43.3 Å². The zero-order valence-electron chi connectivity index (χ0n) is 35.3. The fraction of sp³-hybridized carbons (Fsp3) is 0.659. The van der Waals surface area contributed by atoms with Gasteiger partial charge in [0.2, 0.25) is 17.7 Å². The van der Waals surface area contributed by atoms with Gasteiger partial charge in [-0.3, -0.25) is 19.2 Å². The Balaban J connectivity index is 3.37. The minimum absolute atomic E-state index is 0.0418. The average Bonchev–Trinajstić information content (AvgIpc) is 3.01. The van der Waals surface area contributed by atoms with Gasteiger partial charge < -0.3 is 35.4 Å².